The van der Waals surface area contributed by atoms with Gasteiger partial charge in [0.1, 0.15) is 0 Å². The highest BCUT2D eigenvalue weighted by molar-refractivity contribution is 7.86. The molecule has 5 heteroatoms. The highest BCUT2D eigenvalue weighted by atomic mass is 31.2. The minimum absolute atomic E-state index is 0.586. The van der Waals surface area contributed by atoms with Crippen LogP contribution in [0.25, 0.3) is 71.8 Å². The molecule has 220 valence electrons. The van der Waals surface area contributed by atoms with E-state index in [4.69, 9.17) is 9.97 Å². The van der Waals surface area contributed by atoms with Gasteiger partial charge in [-0.3, -0.25) is 4.57 Å². The van der Waals surface area contributed by atoms with Crippen molar-refractivity contribution < 1.29 is 4.57 Å². The molecule has 1 aliphatic rings. The molecule has 9 aromatic rings. The van der Waals surface area contributed by atoms with Crippen LogP contribution < -0.4 is 15.9 Å². The van der Waals surface area contributed by atoms with E-state index in [1.807, 2.05) is 60.7 Å². The molecule has 1 atom stereocenters. The molecule has 0 bridgehead atoms. The van der Waals surface area contributed by atoms with Gasteiger partial charge < -0.3 is 4.57 Å². The normalized spacial score (nSPS) is 15.4. The third kappa shape index (κ3) is 3.68. The van der Waals surface area contributed by atoms with E-state index in [-0.39, 0.29) is 0 Å². The molecule has 1 unspecified atom stereocenters. The number of hydrogen-bond donors (Lipinski definition) is 0. The van der Waals surface area contributed by atoms with Crippen molar-refractivity contribution in [3.63, 3.8) is 0 Å². The average Bonchev–Trinajstić information content (AvgIpc) is 3.61. The first-order valence-corrected chi connectivity index (χ1v) is 17.5. The lowest BCUT2D eigenvalue weighted by molar-refractivity contribution is 0.593. The number of nitrogens with zero attached hydrogens (tertiary/aromatic N) is 3. The Hall–Kier alpha value is -5.83. The fraction of sp³-hybridized carbons (Fsp3) is 0. The maximum Gasteiger partial charge on any atom is 0.235 e. The van der Waals surface area contributed by atoms with Crippen LogP contribution in [0.1, 0.15) is 0 Å². The number of rotatable bonds is 3. The molecule has 0 spiro atoms. The van der Waals surface area contributed by atoms with Crippen LogP contribution in [0, 0.1) is 0 Å². The van der Waals surface area contributed by atoms with E-state index in [2.05, 4.69) is 102 Å². The first-order valence-electron chi connectivity index (χ1n) is 15.8. The van der Waals surface area contributed by atoms with Crippen LogP contribution in [0.3, 0.4) is 0 Å². The minimum Gasteiger partial charge on any atom is -0.309 e. The van der Waals surface area contributed by atoms with Crippen LogP contribution in [0.15, 0.2) is 158 Å². The monoisotopic (exact) mass is 619 g/mol. The van der Waals surface area contributed by atoms with E-state index < -0.39 is 7.14 Å². The van der Waals surface area contributed by atoms with Gasteiger partial charge in [-0.05, 0) is 46.2 Å². The van der Waals surface area contributed by atoms with Gasteiger partial charge in [0.05, 0.1) is 22.2 Å². The predicted molar refractivity (Wildman–Crippen MR) is 195 cm³/mol. The minimum atomic E-state index is -3.20. The number of benzene rings is 7. The Morgan fingerprint density at radius 1 is 0.532 bits per heavy atom. The highest BCUT2D eigenvalue weighted by Gasteiger charge is 2.42. The molecular weight excluding hydrogens is 593 g/mol. The molecule has 3 heterocycles. The smallest absolute Gasteiger partial charge is 0.235 e. The summed E-state index contributed by atoms with van der Waals surface area (Å²) in [6, 6.07) is 53.9. The summed E-state index contributed by atoms with van der Waals surface area (Å²) < 4.78 is 17.9. The lowest BCUT2D eigenvalue weighted by Crippen LogP contribution is -2.21. The molecule has 2 aromatic heterocycles. The van der Waals surface area contributed by atoms with Crippen LogP contribution >= 0.6 is 7.14 Å². The fourth-order valence-electron chi connectivity index (χ4n) is 7.53. The molecule has 0 amide bonds. The van der Waals surface area contributed by atoms with Crippen molar-refractivity contribution in [2.75, 3.05) is 0 Å². The number of para-hydroxylation sites is 2. The van der Waals surface area contributed by atoms with Crippen molar-refractivity contribution in [2.24, 2.45) is 0 Å². The molecule has 0 saturated heterocycles. The summed E-state index contributed by atoms with van der Waals surface area (Å²) in [6.07, 6.45) is 0. The van der Waals surface area contributed by atoms with Gasteiger partial charge in [0, 0.05) is 37.6 Å². The maximum atomic E-state index is 15.7. The van der Waals surface area contributed by atoms with Gasteiger partial charge in [-0.1, -0.05) is 133 Å². The third-order valence-electron chi connectivity index (χ3n) is 9.59. The zero-order chi connectivity index (χ0) is 31.1. The van der Waals surface area contributed by atoms with E-state index >= 15 is 4.57 Å². The quantitative estimate of drug-likeness (QED) is 0.185. The second-order valence-electron chi connectivity index (χ2n) is 12.1. The topological polar surface area (TPSA) is 47.8 Å². The number of fused-ring (bicyclic) bond motifs is 9. The first-order chi connectivity index (χ1) is 23.2. The third-order valence-corrected chi connectivity index (χ3v) is 12.8. The molecule has 1 aliphatic heterocycles. The molecule has 7 aromatic carbocycles. The number of aromatic nitrogens is 3. The van der Waals surface area contributed by atoms with Gasteiger partial charge in [-0.2, -0.15) is 0 Å². The molecule has 0 N–H and O–H groups in total. The zero-order valence-electron chi connectivity index (χ0n) is 25.2. The van der Waals surface area contributed by atoms with Gasteiger partial charge in [0.25, 0.3) is 0 Å². The highest BCUT2D eigenvalue weighted by Crippen LogP contribution is 2.55. The zero-order valence-corrected chi connectivity index (χ0v) is 26.1. The van der Waals surface area contributed by atoms with Crippen LogP contribution in [0.2, 0.25) is 0 Å². The van der Waals surface area contributed by atoms with Gasteiger partial charge in [0.2, 0.25) is 5.95 Å². The largest absolute Gasteiger partial charge is 0.309 e. The summed E-state index contributed by atoms with van der Waals surface area (Å²) in [6.45, 7) is 0. The van der Waals surface area contributed by atoms with Crippen LogP contribution in [0.4, 0.5) is 0 Å². The second-order valence-corrected chi connectivity index (χ2v) is 14.8. The van der Waals surface area contributed by atoms with Gasteiger partial charge in [-0.15, -0.1) is 0 Å². The van der Waals surface area contributed by atoms with E-state index in [0.29, 0.717) is 5.95 Å². The Morgan fingerprint density at radius 2 is 1.26 bits per heavy atom. The van der Waals surface area contributed by atoms with E-state index in [1.54, 1.807) is 0 Å². The summed E-state index contributed by atoms with van der Waals surface area (Å²) >= 11 is 0. The maximum absolute atomic E-state index is 15.7. The molecule has 0 aliphatic carbocycles. The van der Waals surface area contributed by atoms with Crippen molar-refractivity contribution >= 4 is 66.5 Å². The Kier molecular flexibility index (Phi) is 5.52. The van der Waals surface area contributed by atoms with Crippen molar-refractivity contribution in [1.29, 1.82) is 0 Å². The Labute approximate surface area is 271 Å². The van der Waals surface area contributed by atoms with Gasteiger partial charge >= 0.3 is 0 Å². The Bertz CT molecular complexity index is 2780. The first kappa shape index (κ1) is 26.4. The Balaban J connectivity index is 1.31. The summed E-state index contributed by atoms with van der Waals surface area (Å²) in [5, 5.41) is 8.01. The van der Waals surface area contributed by atoms with Crippen LogP contribution in [-0.4, -0.2) is 14.5 Å². The summed E-state index contributed by atoms with van der Waals surface area (Å²) in [4.78, 5) is 10.5. The van der Waals surface area contributed by atoms with Gasteiger partial charge in [-0.25, -0.2) is 9.97 Å². The second kappa shape index (κ2) is 9.83. The lowest BCUT2D eigenvalue weighted by Gasteiger charge is -2.17. The molecule has 4 nitrogen and oxygen atoms in total. The van der Waals surface area contributed by atoms with E-state index in [1.165, 1.54) is 5.39 Å². The molecule has 0 fully saturated rings. The van der Waals surface area contributed by atoms with Crippen molar-refractivity contribution in [2.45, 2.75) is 0 Å². The average molecular weight is 620 g/mol. The summed E-state index contributed by atoms with van der Waals surface area (Å²) in [7, 11) is -3.20. The molecule has 47 heavy (non-hydrogen) atoms. The van der Waals surface area contributed by atoms with E-state index in [0.717, 1.165) is 76.4 Å². The van der Waals surface area contributed by atoms with Gasteiger partial charge in [0.15, 0.2) is 7.14 Å². The molecule has 0 radical (unpaired) electrons. The van der Waals surface area contributed by atoms with Crippen molar-refractivity contribution in [1.82, 2.24) is 14.5 Å². The molecule has 10 rings (SSSR count). The van der Waals surface area contributed by atoms with E-state index in [9.17, 15) is 0 Å². The fourth-order valence-corrected chi connectivity index (χ4v) is 10.8. The summed E-state index contributed by atoms with van der Waals surface area (Å²) in [5.74, 6) is 0.586. The molecular formula is C42H26N3OP. The van der Waals surface area contributed by atoms with Crippen molar-refractivity contribution in [3.05, 3.63) is 158 Å². The van der Waals surface area contributed by atoms with Crippen LogP contribution in [0.5, 0.6) is 0 Å². The summed E-state index contributed by atoms with van der Waals surface area (Å²) in [5.41, 5.74) is 6.77. The molecule has 0 saturated carbocycles. The lowest BCUT2D eigenvalue weighted by atomic mass is 10.0. The predicted octanol–water partition coefficient (Wildman–Crippen LogP) is 9.17. The standard InChI is InChI=1S/C42H26N3OP/c46-47(30-14-2-1-3-15-30)38-21-11-8-16-31(38)32-24-25-37-39(41(32)47)34-18-7-10-20-36(34)45(37)42-43-35-19-9-6-17-33(35)40(44-42)29-23-22-27-12-4-5-13-28(27)26-29/h1-26H. The number of hydrogen-bond acceptors (Lipinski definition) is 3. The van der Waals surface area contributed by atoms with Crippen molar-refractivity contribution in [3.8, 4) is 28.3 Å². The SMILES string of the molecule is O=P1(c2ccccc2)c2ccccc2-c2ccc3c(c21)c1ccccc1n3-c1nc(-c2ccc3ccccc3c2)c2ccccc2n1. The van der Waals surface area contributed by atoms with Crippen LogP contribution in [-0.2, 0) is 4.57 Å². The Morgan fingerprint density at radius 3 is 2.15 bits per heavy atom.